The van der Waals surface area contributed by atoms with Crippen LogP contribution in [-0.2, 0) is 4.79 Å². The lowest BCUT2D eigenvalue weighted by Crippen LogP contribution is -2.21. The van der Waals surface area contributed by atoms with E-state index in [0.29, 0.717) is 5.92 Å². The summed E-state index contributed by atoms with van der Waals surface area (Å²) < 4.78 is 0. The third-order valence-corrected chi connectivity index (χ3v) is 2.65. The fourth-order valence-corrected chi connectivity index (χ4v) is 1.56. The molecule has 2 atom stereocenters. The van der Waals surface area contributed by atoms with Gasteiger partial charge in [0.15, 0.2) is 0 Å². The van der Waals surface area contributed by atoms with Crippen molar-refractivity contribution in [3.8, 4) is 0 Å². The number of alkyl halides is 1. The van der Waals surface area contributed by atoms with E-state index in [4.69, 9.17) is 11.6 Å². The molecule has 0 saturated carbocycles. The molecular formula is C9H17ClO. The number of hydrogen-bond acceptors (Lipinski definition) is 1. The lowest BCUT2D eigenvalue weighted by atomic mass is 9.95. The molecule has 0 aliphatic heterocycles. The maximum atomic E-state index is 10.9. The van der Waals surface area contributed by atoms with E-state index in [9.17, 15) is 4.79 Å². The highest BCUT2D eigenvalue weighted by atomic mass is 35.5. The standard InChI is InChI=1S/C9H17ClO/c1-4-6-8(5-2)9(10)7(3)11/h8-9H,4-6H2,1-3H3. The summed E-state index contributed by atoms with van der Waals surface area (Å²) in [5, 5.41) is -0.264. The maximum absolute atomic E-state index is 10.9. The van der Waals surface area contributed by atoms with Crippen LogP contribution < -0.4 is 0 Å². The zero-order valence-corrected chi connectivity index (χ0v) is 8.32. The first-order chi connectivity index (χ1) is 5.13. The molecule has 0 aliphatic rings. The van der Waals surface area contributed by atoms with E-state index >= 15 is 0 Å². The highest BCUT2D eigenvalue weighted by Gasteiger charge is 2.20. The Morgan fingerprint density at radius 2 is 2.00 bits per heavy atom. The Bertz CT molecular complexity index is 123. The van der Waals surface area contributed by atoms with E-state index in [0.717, 1.165) is 19.3 Å². The molecule has 0 spiro atoms. The van der Waals surface area contributed by atoms with Crippen LogP contribution in [0.4, 0.5) is 0 Å². The molecule has 1 nitrogen and oxygen atoms in total. The number of hydrogen-bond donors (Lipinski definition) is 0. The minimum Gasteiger partial charge on any atom is -0.298 e. The summed E-state index contributed by atoms with van der Waals surface area (Å²) in [6.07, 6.45) is 3.17. The first kappa shape index (κ1) is 11.0. The molecule has 0 aromatic heterocycles. The Balaban J connectivity index is 3.91. The largest absolute Gasteiger partial charge is 0.298 e. The Morgan fingerprint density at radius 1 is 1.45 bits per heavy atom. The number of carbonyl (C=O) groups is 1. The third-order valence-electron chi connectivity index (χ3n) is 1.99. The number of rotatable bonds is 5. The van der Waals surface area contributed by atoms with Crippen LogP contribution in [0.2, 0.25) is 0 Å². The molecular weight excluding hydrogens is 160 g/mol. The third kappa shape index (κ3) is 3.76. The number of ketones is 1. The van der Waals surface area contributed by atoms with Crippen LogP contribution in [0.3, 0.4) is 0 Å². The quantitative estimate of drug-likeness (QED) is 0.589. The Morgan fingerprint density at radius 3 is 2.27 bits per heavy atom. The molecule has 11 heavy (non-hydrogen) atoms. The molecule has 0 rings (SSSR count). The average molecular weight is 177 g/mol. The molecule has 0 aliphatic carbocycles. The van der Waals surface area contributed by atoms with Gasteiger partial charge in [0.25, 0.3) is 0 Å². The predicted octanol–water partition coefficient (Wildman–Crippen LogP) is 3.01. The van der Waals surface area contributed by atoms with Gasteiger partial charge in [-0.2, -0.15) is 0 Å². The van der Waals surface area contributed by atoms with Gasteiger partial charge in [0, 0.05) is 0 Å². The van der Waals surface area contributed by atoms with Crippen molar-refractivity contribution < 1.29 is 4.79 Å². The SMILES string of the molecule is CCCC(CC)C(Cl)C(C)=O. The van der Waals surface area contributed by atoms with Crippen LogP contribution in [0.15, 0.2) is 0 Å². The van der Waals surface area contributed by atoms with Crippen LogP contribution in [0.25, 0.3) is 0 Å². The van der Waals surface area contributed by atoms with Gasteiger partial charge in [-0.3, -0.25) is 4.79 Å². The minimum absolute atomic E-state index is 0.104. The zero-order chi connectivity index (χ0) is 8.85. The van der Waals surface area contributed by atoms with Gasteiger partial charge in [-0.05, 0) is 19.3 Å². The van der Waals surface area contributed by atoms with Crippen LogP contribution in [0, 0.1) is 5.92 Å². The summed E-state index contributed by atoms with van der Waals surface area (Å²) in [6.45, 7) is 5.76. The lowest BCUT2D eigenvalue weighted by molar-refractivity contribution is -0.117. The van der Waals surface area contributed by atoms with Crippen molar-refractivity contribution in [2.24, 2.45) is 5.92 Å². The second kappa shape index (κ2) is 5.59. The Kier molecular flexibility index (Phi) is 5.57. The fraction of sp³-hybridized carbons (Fsp3) is 0.889. The fourth-order valence-electron chi connectivity index (χ4n) is 1.26. The van der Waals surface area contributed by atoms with Crippen LogP contribution in [-0.4, -0.2) is 11.2 Å². The molecule has 0 heterocycles. The normalized spacial score (nSPS) is 16.0. The highest BCUT2D eigenvalue weighted by molar-refractivity contribution is 6.30. The van der Waals surface area contributed by atoms with Gasteiger partial charge in [0.2, 0.25) is 0 Å². The number of halogens is 1. The summed E-state index contributed by atoms with van der Waals surface area (Å²) >= 11 is 5.91. The van der Waals surface area contributed by atoms with E-state index in [-0.39, 0.29) is 11.2 Å². The Labute approximate surface area is 74.1 Å². The average Bonchev–Trinajstić information content (AvgIpc) is 1.98. The molecule has 66 valence electrons. The van der Waals surface area contributed by atoms with Crippen molar-refractivity contribution in [2.75, 3.05) is 0 Å². The van der Waals surface area contributed by atoms with Crippen molar-refractivity contribution in [2.45, 2.75) is 45.4 Å². The van der Waals surface area contributed by atoms with Crippen LogP contribution >= 0.6 is 11.6 Å². The smallest absolute Gasteiger partial charge is 0.147 e. The molecule has 0 saturated heterocycles. The summed E-state index contributed by atoms with van der Waals surface area (Å²) in [4.78, 5) is 10.9. The second-order valence-corrected chi connectivity index (χ2v) is 3.44. The topological polar surface area (TPSA) is 17.1 Å². The monoisotopic (exact) mass is 176 g/mol. The van der Waals surface area contributed by atoms with E-state index in [2.05, 4.69) is 13.8 Å². The van der Waals surface area contributed by atoms with Gasteiger partial charge >= 0.3 is 0 Å². The highest BCUT2D eigenvalue weighted by Crippen LogP contribution is 2.20. The molecule has 0 aromatic rings. The van der Waals surface area contributed by atoms with Gasteiger partial charge in [-0.15, -0.1) is 11.6 Å². The van der Waals surface area contributed by atoms with E-state index < -0.39 is 0 Å². The number of carbonyl (C=O) groups excluding carboxylic acids is 1. The minimum atomic E-state index is -0.264. The first-order valence-corrected chi connectivity index (χ1v) is 4.71. The molecule has 0 aromatic carbocycles. The molecule has 0 amide bonds. The lowest BCUT2D eigenvalue weighted by Gasteiger charge is -2.17. The van der Waals surface area contributed by atoms with Crippen molar-refractivity contribution in [1.29, 1.82) is 0 Å². The van der Waals surface area contributed by atoms with Crippen LogP contribution in [0.1, 0.15) is 40.0 Å². The molecule has 0 N–H and O–H groups in total. The zero-order valence-electron chi connectivity index (χ0n) is 7.56. The molecule has 2 heteroatoms. The van der Waals surface area contributed by atoms with Gasteiger partial charge < -0.3 is 0 Å². The summed E-state index contributed by atoms with van der Waals surface area (Å²) in [7, 11) is 0. The van der Waals surface area contributed by atoms with E-state index in [1.165, 1.54) is 0 Å². The van der Waals surface area contributed by atoms with Gasteiger partial charge in [0.1, 0.15) is 5.78 Å². The molecule has 0 bridgehead atoms. The summed E-state index contributed by atoms with van der Waals surface area (Å²) in [6, 6.07) is 0. The van der Waals surface area contributed by atoms with Crippen molar-refractivity contribution in [3.05, 3.63) is 0 Å². The van der Waals surface area contributed by atoms with E-state index in [1.54, 1.807) is 6.92 Å². The van der Waals surface area contributed by atoms with Crippen molar-refractivity contribution in [1.82, 2.24) is 0 Å². The summed E-state index contributed by atoms with van der Waals surface area (Å²) in [5.41, 5.74) is 0. The van der Waals surface area contributed by atoms with Gasteiger partial charge in [-0.25, -0.2) is 0 Å². The van der Waals surface area contributed by atoms with Crippen molar-refractivity contribution >= 4 is 17.4 Å². The number of Topliss-reactive ketones (excluding diaryl/α,β-unsaturated/α-hetero) is 1. The second-order valence-electron chi connectivity index (χ2n) is 2.97. The van der Waals surface area contributed by atoms with Gasteiger partial charge in [-0.1, -0.05) is 26.7 Å². The Hall–Kier alpha value is -0.0400. The first-order valence-electron chi connectivity index (χ1n) is 4.28. The van der Waals surface area contributed by atoms with Gasteiger partial charge in [0.05, 0.1) is 5.38 Å². The molecule has 0 fully saturated rings. The van der Waals surface area contributed by atoms with Crippen molar-refractivity contribution in [3.63, 3.8) is 0 Å². The van der Waals surface area contributed by atoms with Crippen LogP contribution in [0.5, 0.6) is 0 Å². The molecule has 0 radical (unpaired) electrons. The molecule has 2 unspecified atom stereocenters. The summed E-state index contributed by atoms with van der Waals surface area (Å²) in [5.74, 6) is 0.478. The predicted molar refractivity (Wildman–Crippen MR) is 49.0 cm³/mol. The van der Waals surface area contributed by atoms with E-state index in [1.807, 2.05) is 0 Å². The maximum Gasteiger partial charge on any atom is 0.147 e.